The predicted octanol–water partition coefficient (Wildman–Crippen LogP) is 3.78. The molecule has 0 bridgehead atoms. The van der Waals surface area contributed by atoms with E-state index in [0.29, 0.717) is 6.79 Å². The molecule has 2 aromatic carbocycles. The van der Waals surface area contributed by atoms with Crippen LogP contribution in [0.4, 0.5) is 5.69 Å². The molecule has 0 aliphatic carbocycles. The minimum absolute atomic E-state index is 0.245. The summed E-state index contributed by atoms with van der Waals surface area (Å²) >= 11 is 3.49. The second kappa shape index (κ2) is 5.90. The first-order valence-electron chi connectivity index (χ1n) is 6.44. The van der Waals surface area contributed by atoms with Gasteiger partial charge in [-0.15, -0.1) is 0 Å². The van der Waals surface area contributed by atoms with E-state index in [0.717, 1.165) is 29.7 Å². The van der Waals surface area contributed by atoms with Crippen LogP contribution in [0, 0.1) is 0 Å². The second-order valence-electron chi connectivity index (χ2n) is 4.69. The van der Waals surface area contributed by atoms with E-state index in [2.05, 4.69) is 57.6 Å². The molecule has 3 rings (SSSR count). The highest BCUT2D eigenvalue weighted by Crippen LogP contribution is 2.23. The normalized spacial score (nSPS) is 19.5. The number of benzene rings is 2. The second-order valence-corrected chi connectivity index (χ2v) is 5.61. The van der Waals surface area contributed by atoms with Crippen LogP contribution in [-0.4, -0.2) is 26.0 Å². The van der Waals surface area contributed by atoms with Crippen LogP contribution in [0.15, 0.2) is 40.9 Å². The summed E-state index contributed by atoms with van der Waals surface area (Å²) in [4.78, 5) is 0. The third-order valence-corrected chi connectivity index (χ3v) is 3.80. The minimum atomic E-state index is 0.245. The molecule has 1 heterocycles. The molecule has 3 nitrogen and oxygen atoms in total. The lowest BCUT2D eigenvalue weighted by molar-refractivity contribution is -0.133. The van der Waals surface area contributed by atoms with Crippen LogP contribution in [-0.2, 0) is 9.47 Å². The predicted molar refractivity (Wildman–Crippen MR) is 80.4 cm³/mol. The molecule has 1 saturated heterocycles. The number of ether oxygens (including phenoxy) is 2. The van der Waals surface area contributed by atoms with Crippen molar-refractivity contribution < 1.29 is 9.47 Å². The first kappa shape index (κ1) is 12.9. The highest BCUT2D eigenvalue weighted by Gasteiger charge is 2.13. The van der Waals surface area contributed by atoms with Crippen molar-refractivity contribution in [1.29, 1.82) is 0 Å². The number of nitrogens with one attached hydrogen (secondary N) is 1. The standard InChI is InChI=1S/C15H16BrNO2/c16-13-3-1-12-8-14(4-2-11(12)7-13)17-9-15-5-6-18-10-19-15/h1-4,7-8,15,17H,5-6,9-10H2. The van der Waals surface area contributed by atoms with Gasteiger partial charge >= 0.3 is 0 Å². The minimum Gasteiger partial charge on any atom is -0.382 e. The molecule has 1 unspecified atom stereocenters. The van der Waals surface area contributed by atoms with E-state index in [4.69, 9.17) is 9.47 Å². The molecule has 0 saturated carbocycles. The van der Waals surface area contributed by atoms with Crippen LogP contribution < -0.4 is 5.32 Å². The van der Waals surface area contributed by atoms with Crippen molar-refractivity contribution in [3.05, 3.63) is 40.9 Å². The van der Waals surface area contributed by atoms with E-state index in [-0.39, 0.29) is 6.10 Å². The van der Waals surface area contributed by atoms with Gasteiger partial charge in [0, 0.05) is 16.7 Å². The van der Waals surface area contributed by atoms with Crippen molar-refractivity contribution in [1.82, 2.24) is 0 Å². The highest BCUT2D eigenvalue weighted by molar-refractivity contribution is 9.10. The van der Waals surface area contributed by atoms with Crippen molar-refractivity contribution in [3.8, 4) is 0 Å². The molecule has 100 valence electrons. The summed E-state index contributed by atoms with van der Waals surface area (Å²) in [7, 11) is 0. The summed E-state index contributed by atoms with van der Waals surface area (Å²) in [6, 6.07) is 12.7. The third-order valence-electron chi connectivity index (χ3n) is 3.31. The quantitative estimate of drug-likeness (QED) is 0.933. The summed E-state index contributed by atoms with van der Waals surface area (Å²) in [6.07, 6.45) is 1.20. The Morgan fingerprint density at radius 1 is 1.16 bits per heavy atom. The molecule has 1 aliphatic heterocycles. The maximum atomic E-state index is 5.51. The van der Waals surface area contributed by atoms with Crippen LogP contribution in [0.1, 0.15) is 6.42 Å². The van der Waals surface area contributed by atoms with Gasteiger partial charge in [-0.2, -0.15) is 0 Å². The molecular weight excluding hydrogens is 306 g/mol. The summed E-state index contributed by atoms with van der Waals surface area (Å²) in [5.41, 5.74) is 1.13. The van der Waals surface area contributed by atoms with Crippen LogP contribution >= 0.6 is 15.9 Å². The lowest BCUT2D eigenvalue weighted by Gasteiger charge is -2.23. The van der Waals surface area contributed by atoms with Crippen LogP contribution in [0.5, 0.6) is 0 Å². The first-order chi connectivity index (χ1) is 9.31. The molecule has 0 spiro atoms. The maximum absolute atomic E-state index is 5.51. The van der Waals surface area contributed by atoms with Crippen molar-refractivity contribution >= 4 is 32.4 Å². The largest absolute Gasteiger partial charge is 0.382 e. The molecule has 1 aliphatic rings. The summed E-state index contributed by atoms with van der Waals surface area (Å²) in [6.45, 7) is 2.03. The summed E-state index contributed by atoms with van der Waals surface area (Å²) in [5, 5.41) is 5.90. The molecule has 19 heavy (non-hydrogen) atoms. The first-order valence-corrected chi connectivity index (χ1v) is 7.23. The smallest absolute Gasteiger partial charge is 0.147 e. The van der Waals surface area contributed by atoms with Gasteiger partial charge in [-0.25, -0.2) is 0 Å². The van der Waals surface area contributed by atoms with Gasteiger partial charge in [-0.1, -0.05) is 28.1 Å². The SMILES string of the molecule is Brc1ccc2cc(NCC3CCOCO3)ccc2c1. The number of halogens is 1. The summed E-state index contributed by atoms with van der Waals surface area (Å²) < 4.78 is 11.8. The van der Waals surface area contributed by atoms with E-state index >= 15 is 0 Å². The Hall–Kier alpha value is -1.10. The number of hydrogen-bond acceptors (Lipinski definition) is 3. The van der Waals surface area contributed by atoms with Crippen molar-refractivity contribution in [2.24, 2.45) is 0 Å². The average Bonchev–Trinajstić information content (AvgIpc) is 2.46. The fourth-order valence-electron chi connectivity index (χ4n) is 2.22. The van der Waals surface area contributed by atoms with E-state index in [1.54, 1.807) is 0 Å². The number of anilines is 1. The van der Waals surface area contributed by atoms with Gasteiger partial charge in [0.1, 0.15) is 6.79 Å². The Balaban J connectivity index is 1.69. The highest BCUT2D eigenvalue weighted by atomic mass is 79.9. The Morgan fingerprint density at radius 3 is 2.84 bits per heavy atom. The van der Waals surface area contributed by atoms with Crippen molar-refractivity contribution in [3.63, 3.8) is 0 Å². The fourth-order valence-corrected chi connectivity index (χ4v) is 2.60. The lowest BCUT2D eigenvalue weighted by Crippen LogP contribution is -2.30. The Labute approximate surface area is 121 Å². The zero-order chi connectivity index (χ0) is 13.1. The van der Waals surface area contributed by atoms with Crippen molar-refractivity contribution in [2.75, 3.05) is 25.3 Å². The van der Waals surface area contributed by atoms with E-state index in [1.807, 2.05) is 0 Å². The zero-order valence-corrected chi connectivity index (χ0v) is 12.2. The molecule has 0 radical (unpaired) electrons. The van der Waals surface area contributed by atoms with Gasteiger partial charge in [0.25, 0.3) is 0 Å². The third kappa shape index (κ3) is 3.26. The van der Waals surface area contributed by atoms with E-state index < -0.39 is 0 Å². The molecule has 0 amide bonds. The van der Waals surface area contributed by atoms with E-state index in [1.165, 1.54) is 10.8 Å². The fraction of sp³-hybridized carbons (Fsp3) is 0.333. The van der Waals surface area contributed by atoms with Gasteiger partial charge < -0.3 is 14.8 Å². The van der Waals surface area contributed by atoms with Gasteiger partial charge in [0.05, 0.1) is 12.7 Å². The molecule has 1 fully saturated rings. The Bertz CT molecular complexity index is 567. The molecule has 1 atom stereocenters. The Morgan fingerprint density at radius 2 is 2.00 bits per heavy atom. The molecular formula is C15H16BrNO2. The average molecular weight is 322 g/mol. The van der Waals surface area contributed by atoms with Crippen LogP contribution in [0.3, 0.4) is 0 Å². The van der Waals surface area contributed by atoms with Crippen molar-refractivity contribution in [2.45, 2.75) is 12.5 Å². The van der Waals surface area contributed by atoms with Gasteiger partial charge in [-0.05, 0) is 41.5 Å². The van der Waals surface area contributed by atoms with Gasteiger partial charge in [0.15, 0.2) is 0 Å². The maximum Gasteiger partial charge on any atom is 0.147 e. The van der Waals surface area contributed by atoms with Crippen LogP contribution in [0.25, 0.3) is 10.8 Å². The van der Waals surface area contributed by atoms with Crippen LogP contribution in [0.2, 0.25) is 0 Å². The molecule has 0 aromatic heterocycles. The zero-order valence-electron chi connectivity index (χ0n) is 10.6. The monoisotopic (exact) mass is 321 g/mol. The molecule has 2 aromatic rings. The molecule has 4 heteroatoms. The topological polar surface area (TPSA) is 30.5 Å². The lowest BCUT2D eigenvalue weighted by atomic mass is 10.1. The summed E-state index contributed by atoms with van der Waals surface area (Å²) in [5.74, 6) is 0. The van der Waals surface area contributed by atoms with Gasteiger partial charge in [0.2, 0.25) is 0 Å². The number of hydrogen-bond donors (Lipinski definition) is 1. The van der Waals surface area contributed by atoms with E-state index in [9.17, 15) is 0 Å². The number of rotatable bonds is 3. The number of fused-ring (bicyclic) bond motifs is 1. The Kier molecular flexibility index (Phi) is 4.01. The van der Waals surface area contributed by atoms with Gasteiger partial charge in [-0.3, -0.25) is 0 Å². The molecule has 1 N–H and O–H groups in total.